The molecule has 72 heavy (non-hydrogen) atoms. The molecule has 396 valence electrons. The standard InChI is InChI=1S/C52H76N8O11S/c1-14-51(12,70-34(7)45(64)52(13,15-2)71-37(30-60(35(8)61)50(9,10)11)31-68-49-46(56-72-57-49)59-24-26-67-27-25-59)42(62)20-21-43(63)69-36-18-19-40-38(28-36)39(47(65)55-40)29-41-32(5)44(33(6)54-41)48(66)53-22-23-58(16-3)17-4/h18-19,28-29,34,37,54H,14-17,20-27,30-31H2,1-13H3,(H,53,66)(H,55,65)/b39-29-/t34-,37-,51?,52?/m0/s1. The Labute approximate surface area is 428 Å². The molecule has 3 N–H and O–H groups in total. The molecule has 19 nitrogen and oxygen atoms in total. The van der Waals surface area contributed by atoms with Crippen LogP contribution in [0.15, 0.2) is 18.2 Å². The molecule has 4 atom stereocenters. The molecule has 0 radical (unpaired) electrons. The highest BCUT2D eigenvalue weighted by molar-refractivity contribution is 6.99. The Morgan fingerprint density at radius 3 is 2.26 bits per heavy atom. The SMILES string of the molecule is CCN(CC)CCNC(=O)c1c(C)[nH]c(/C=C2\C(=O)Nc3ccc(OC(=O)CCC(=O)C(C)(CC)O[C@@H](C)C(=O)C(C)(CC)O[C@H](COc4nsnc4N4CCOCC4)CN(C(C)=O)C(C)(C)C)cc32)c1C. The van der Waals surface area contributed by atoms with E-state index in [4.69, 9.17) is 23.7 Å². The summed E-state index contributed by atoms with van der Waals surface area (Å²) in [6, 6.07) is 4.78. The number of nitrogens with zero attached hydrogens (tertiary/aromatic N) is 5. The first-order valence-electron chi connectivity index (χ1n) is 25.1. The maximum absolute atomic E-state index is 14.4. The van der Waals surface area contributed by atoms with Gasteiger partial charge in [-0.15, -0.1) is 4.37 Å². The van der Waals surface area contributed by atoms with Crippen LogP contribution in [0.1, 0.15) is 135 Å². The molecule has 0 bridgehead atoms. The van der Waals surface area contributed by atoms with Gasteiger partial charge in [-0.3, -0.25) is 28.8 Å². The number of ketones is 2. The van der Waals surface area contributed by atoms with Crippen molar-refractivity contribution in [3.05, 3.63) is 46.3 Å². The van der Waals surface area contributed by atoms with E-state index in [1.165, 1.54) is 6.92 Å². The fourth-order valence-electron chi connectivity index (χ4n) is 8.91. The lowest BCUT2D eigenvalue weighted by Gasteiger charge is -2.40. The van der Waals surface area contributed by atoms with E-state index in [0.29, 0.717) is 83.9 Å². The number of aromatic nitrogens is 3. The number of aryl methyl sites for hydroxylation is 1. The van der Waals surface area contributed by atoms with Gasteiger partial charge in [0, 0.05) is 67.7 Å². The molecule has 2 aliphatic heterocycles. The van der Waals surface area contributed by atoms with Gasteiger partial charge >= 0.3 is 5.97 Å². The summed E-state index contributed by atoms with van der Waals surface area (Å²) in [6.07, 6.45) is -0.307. The highest BCUT2D eigenvalue weighted by atomic mass is 32.1. The van der Waals surface area contributed by atoms with Crippen LogP contribution in [0.2, 0.25) is 0 Å². The van der Waals surface area contributed by atoms with E-state index in [1.54, 1.807) is 56.9 Å². The molecule has 2 unspecified atom stereocenters. The van der Waals surface area contributed by atoms with Crippen LogP contribution in [-0.2, 0) is 38.2 Å². The lowest BCUT2D eigenvalue weighted by Crippen LogP contribution is -2.55. The Morgan fingerprint density at radius 2 is 1.64 bits per heavy atom. The van der Waals surface area contributed by atoms with Crippen molar-refractivity contribution in [3.63, 3.8) is 0 Å². The van der Waals surface area contributed by atoms with Crippen molar-refractivity contribution in [3.8, 4) is 11.6 Å². The second-order valence-corrected chi connectivity index (χ2v) is 20.2. The molecule has 1 fully saturated rings. The summed E-state index contributed by atoms with van der Waals surface area (Å²) >= 11 is 1.02. The number of hydrogen-bond donors (Lipinski definition) is 3. The fourth-order valence-corrected chi connectivity index (χ4v) is 9.43. The number of hydrogen-bond acceptors (Lipinski definition) is 16. The summed E-state index contributed by atoms with van der Waals surface area (Å²) in [4.78, 5) is 90.2. The molecular formula is C52H76N8O11S. The predicted octanol–water partition coefficient (Wildman–Crippen LogP) is 6.56. The van der Waals surface area contributed by atoms with Crippen LogP contribution >= 0.6 is 11.7 Å². The van der Waals surface area contributed by atoms with E-state index < -0.39 is 46.5 Å². The summed E-state index contributed by atoms with van der Waals surface area (Å²) in [5.74, 6) is -1.14. The molecule has 1 aromatic carbocycles. The van der Waals surface area contributed by atoms with Gasteiger partial charge in [0.15, 0.2) is 11.6 Å². The molecule has 0 aliphatic carbocycles. The van der Waals surface area contributed by atoms with Gasteiger partial charge in [-0.05, 0) is 111 Å². The number of benzene rings is 1. The van der Waals surface area contributed by atoms with Gasteiger partial charge < -0.3 is 54.0 Å². The molecular weight excluding hydrogens is 945 g/mol. The summed E-state index contributed by atoms with van der Waals surface area (Å²) in [5, 5.41) is 5.85. The fraction of sp³-hybridized carbons (Fsp3) is 0.615. The molecule has 0 spiro atoms. The van der Waals surface area contributed by atoms with Crippen LogP contribution in [0.5, 0.6) is 11.6 Å². The molecule has 20 heteroatoms. The van der Waals surface area contributed by atoms with Gasteiger partial charge in [-0.1, -0.05) is 27.7 Å². The maximum atomic E-state index is 14.4. The Morgan fingerprint density at radius 1 is 0.958 bits per heavy atom. The Kier molecular flexibility index (Phi) is 19.9. The summed E-state index contributed by atoms with van der Waals surface area (Å²) in [5.41, 5.74) is 0.361. The summed E-state index contributed by atoms with van der Waals surface area (Å²) < 4.78 is 39.3. The van der Waals surface area contributed by atoms with Crippen LogP contribution in [0, 0.1) is 13.8 Å². The van der Waals surface area contributed by atoms with E-state index in [-0.39, 0.29) is 62.3 Å². The van der Waals surface area contributed by atoms with Crippen LogP contribution in [0.3, 0.4) is 0 Å². The normalized spacial score (nSPS) is 16.9. The number of likely N-dealkylation sites (N-methyl/N-ethyl adjacent to an activating group) is 1. The third-order valence-corrected chi connectivity index (χ3v) is 14.1. The smallest absolute Gasteiger partial charge is 0.311 e. The van der Waals surface area contributed by atoms with Crippen molar-refractivity contribution in [1.82, 2.24) is 28.8 Å². The topological polar surface area (TPSA) is 224 Å². The van der Waals surface area contributed by atoms with Gasteiger partial charge in [-0.2, -0.15) is 4.37 Å². The van der Waals surface area contributed by atoms with Crippen LogP contribution in [0.25, 0.3) is 11.6 Å². The number of Topliss-reactive ketones (excluding diaryl/α,β-unsaturated/α-hetero) is 2. The Hall–Kier alpha value is -5.54. The number of H-pyrrole nitrogens is 1. The molecule has 2 aromatic heterocycles. The van der Waals surface area contributed by atoms with Crippen LogP contribution in [-0.4, -0.2) is 153 Å². The molecule has 4 heterocycles. The van der Waals surface area contributed by atoms with E-state index in [1.807, 2.05) is 46.4 Å². The van der Waals surface area contributed by atoms with Crippen LogP contribution in [0.4, 0.5) is 11.5 Å². The summed E-state index contributed by atoms with van der Waals surface area (Å²) in [6.45, 7) is 28.9. The molecule has 0 saturated carbocycles. The average Bonchev–Trinajstić information content (AvgIpc) is 4.03. The first-order valence-corrected chi connectivity index (χ1v) is 25.8. The summed E-state index contributed by atoms with van der Waals surface area (Å²) in [7, 11) is 0. The largest absolute Gasteiger partial charge is 0.472 e. The number of rotatable bonds is 26. The number of aromatic amines is 1. The van der Waals surface area contributed by atoms with Crippen molar-refractivity contribution in [2.45, 2.75) is 145 Å². The molecule has 5 rings (SSSR count). The third-order valence-electron chi connectivity index (χ3n) is 13.6. The minimum atomic E-state index is -1.45. The van der Waals surface area contributed by atoms with Gasteiger partial charge in [-0.25, -0.2) is 0 Å². The lowest BCUT2D eigenvalue weighted by atomic mass is 9.90. The lowest BCUT2D eigenvalue weighted by molar-refractivity contribution is -0.178. The predicted molar refractivity (Wildman–Crippen MR) is 277 cm³/mol. The second kappa shape index (κ2) is 24.9. The minimum absolute atomic E-state index is 0.0484. The highest BCUT2D eigenvalue weighted by Crippen LogP contribution is 2.37. The Balaban J connectivity index is 1.23. The van der Waals surface area contributed by atoms with Crippen molar-refractivity contribution >= 4 is 70.1 Å². The minimum Gasteiger partial charge on any atom is -0.472 e. The number of anilines is 2. The number of morpholine rings is 1. The molecule has 2 aliphatic rings. The van der Waals surface area contributed by atoms with E-state index in [2.05, 4.69) is 43.1 Å². The molecule has 3 aromatic rings. The van der Waals surface area contributed by atoms with Crippen LogP contribution < -0.4 is 25.0 Å². The van der Waals surface area contributed by atoms with Crippen molar-refractivity contribution in [2.75, 3.05) is 75.9 Å². The Bertz CT molecular complexity index is 2450. The monoisotopic (exact) mass is 1020 g/mol. The number of amides is 3. The number of carbonyl (C=O) groups excluding carboxylic acids is 6. The zero-order chi connectivity index (χ0) is 53.1. The zero-order valence-corrected chi connectivity index (χ0v) is 45.3. The highest BCUT2D eigenvalue weighted by Gasteiger charge is 2.44. The number of ether oxygens (including phenoxy) is 5. The zero-order valence-electron chi connectivity index (χ0n) is 44.5. The number of esters is 1. The molecule has 3 amide bonds. The van der Waals surface area contributed by atoms with Crippen molar-refractivity contribution in [2.24, 2.45) is 0 Å². The average molecular weight is 1020 g/mol. The van der Waals surface area contributed by atoms with Gasteiger partial charge in [0.05, 0.1) is 49.0 Å². The number of nitrogens with one attached hydrogen (secondary N) is 3. The van der Waals surface area contributed by atoms with E-state index in [0.717, 1.165) is 31.4 Å². The van der Waals surface area contributed by atoms with Gasteiger partial charge in [0.25, 0.3) is 17.7 Å². The van der Waals surface area contributed by atoms with Gasteiger partial charge in [0.1, 0.15) is 35.8 Å². The molecule has 1 saturated heterocycles. The first kappa shape index (κ1) is 57.4. The van der Waals surface area contributed by atoms with Crippen molar-refractivity contribution in [1.29, 1.82) is 0 Å². The first-order chi connectivity index (χ1) is 34.0. The maximum Gasteiger partial charge on any atom is 0.311 e. The third kappa shape index (κ3) is 14.1. The quantitative estimate of drug-likeness (QED) is 0.0440. The van der Waals surface area contributed by atoms with E-state index >= 15 is 0 Å². The van der Waals surface area contributed by atoms with Crippen molar-refractivity contribution < 1.29 is 52.5 Å². The van der Waals surface area contributed by atoms with E-state index in [9.17, 15) is 28.8 Å². The second-order valence-electron chi connectivity index (χ2n) is 19.7. The number of fused-ring (bicyclic) bond motifs is 1. The number of carbonyl (C=O) groups is 6. The van der Waals surface area contributed by atoms with Gasteiger partial charge in [0.2, 0.25) is 11.7 Å².